The number of nitrogens with one attached hydrogen (secondary N) is 1. The van der Waals surface area contributed by atoms with Crippen molar-refractivity contribution in [1.29, 1.82) is 0 Å². The van der Waals surface area contributed by atoms with Gasteiger partial charge in [0.25, 0.3) is 0 Å². The zero-order valence-corrected chi connectivity index (χ0v) is 13.3. The molecule has 0 radical (unpaired) electrons. The minimum atomic E-state index is 0.608. The fourth-order valence-electron chi connectivity index (χ4n) is 2.98. The van der Waals surface area contributed by atoms with Crippen LogP contribution >= 0.6 is 0 Å². The predicted octanol–water partition coefficient (Wildman–Crippen LogP) is 3.80. The van der Waals surface area contributed by atoms with Crippen LogP contribution in [0.4, 0.5) is 0 Å². The molecule has 1 aliphatic rings. The maximum absolute atomic E-state index is 5.99. The number of benzene rings is 2. The van der Waals surface area contributed by atoms with Gasteiger partial charge < -0.3 is 14.8 Å². The number of hydrogen-bond donors (Lipinski definition) is 1. The molecule has 0 fully saturated rings. The fourth-order valence-corrected chi connectivity index (χ4v) is 2.98. The van der Waals surface area contributed by atoms with Gasteiger partial charge in [0, 0.05) is 5.56 Å². The van der Waals surface area contributed by atoms with Gasteiger partial charge in [-0.3, -0.25) is 0 Å². The first-order valence-electron chi connectivity index (χ1n) is 7.96. The lowest BCUT2D eigenvalue weighted by Gasteiger charge is -2.25. The fraction of sp³-hybridized carbons (Fsp3) is 0.368. The Balaban J connectivity index is 1.99. The summed E-state index contributed by atoms with van der Waals surface area (Å²) in [6, 6.07) is 12.6. The summed E-state index contributed by atoms with van der Waals surface area (Å²) in [4.78, 5) is 0. The van der Waals surface area contributed by atoms with Crippen LogP contribution in [0.2, 0.25) is 0 Å². The lowest BCUT2D eigenvalue weighted by molar-refractivity contribution is 0.281. The van der Waals surface area contributed by atoms with Crippen molar-refractivity contribution in [3.05, 3.63) is 47.5 Å². The van der Waals surface area contributed by atoms with Gasteiger partial charge in [-0.15, -0.1) is 0 Å². The molecule has 0 aliphatic carbocycles. The van der Waals surface area contributed by atoms with Crippen molar-refractivity contribution in [3.63, 3.8) is 0 Å². The van der Waals surface area contributed by atoms with Crippen molar-refractivity contribution < 1.29 is 9.47 Å². The third-order valence-electron chi connectivity index (χ3n) is 4.08. The van der Waals surface area contributed by atoms with Crippen molar-refractivity contribution >= 4 is 0 Å². The molecule has 2 aromatic rings. The van der Waals surface area contributed by atoms with Gasteiger partial charge in [0.1, 0.15) is 6.61 Å². The number of methoxy groups -OCH3 is 1. The minimum Gasteiger partial charge on any atom is -0.493 e. The quantitative estimate of drug-likeness (QED) is 0.823. The summed E-state index contributed by atoms with van der Waals surface area (Å²) in [6.07, 6.45) is 2.15. The van der Waals surface area contributed by atoms with Crippen LogP contribution in [0.3, 0.4) is 0 Å². The SMILES string of the molecule is CCCNCCc1ccc(OC)c2c1-c1ccccc1CO2. The van der Waals surface area contributed by atoms with Gasteiger partial charge in [-0.25, -0.2) is 0 Å². The van der Waals surface area contributed by atoms with E-state index in [1.54, 1.807) is 7.11 Å². The smallest absolute Gasteiger partial charge is 0.169 e. The Morgan fingerprint density at radius 1 is 1.14 bits per heavy atom. The van der Waals surface area contributed by atoms with Crippen LogP contribution in [0.5, 0.6) is 11.5 Å². The molecular formula is C19H23NO2. The number of hydrogen-bond acceptors (Lipinski definition) is 3. The second-order valence-corrected chi connectivity index (χ2v) is 5.58. The van der Waals surface area contributed by atoms with Crippen LogP contribution in [0, 0.1) is 0 Å². The molecular weight excluding hydrogens is 274 g/mol. The molecule has 3 heteroatoms. The van der Waals surface area contributed by atoms with E-state index in [1.807, 2.05) is 6.07 Å². The molecule has 0 unspecified atom stereocenters. The second-order valence-electron chi connectivity index (χ2n) is 5.58. The van der Waals surface area contributed by atoms with Gasteiger partial charge in [0.05, 0.1) is 7.11 Å². The van der Waals surface area contributed by atoms with Crippen molar-refractivity contribution in [1.82, 2.24) is 5.32 Å². The Labute approximate surface area is 132 Å². The molecule has 0 saturated carbocycles. The Bertz CT molecular complexity index is 652. The van der Waals surface area contributed by atoms with E-state index < -0.39 is 0 Å². The van der Waals surface area contributed by atoms with Crippen molar-refractivity contribution in [2.45, 2.75) is 26.4 Å². The van der Waals surface area contributed by atoms with Gasteiger partial charge in [-0.1, -0.05) is 37.3 Å². The minimum absolute atomic E-state index is 0.608. The van der Waals surface area contributed by atoms with E-state index in [0.717, 1.165) is 37.4 Å². The zero-order chi connectivity index (χ0) is 15.4. The van der Waals surface area contributed by atoms with Crippen LogP contribution in [-0.4, -0.2) is 20.2 Å². The average molecular weight is 297 g/mol. The Morgan fingerprint density at radius 2 is 2.00 bits per heavy atom. The molecule has 0 bridgehead atoms. The first-order valence-corrected chi connectivity index (χ1v) is 7.96. The number of fused-ring (bicyclic) bond motifs is 3. The van der Waals surface area contributed by atoms with Crippen molar-refractivity contribution in [2.75, 3.05) is 20.2 Å². The topological polar surface area (TPSA) is 30.5 Å². The summed E-state index contributed by atoms with van der Waals surface area (Å²) in [5, 5.41) is 3.47. The highest BCUT2D eigenvalue weighted by atomic mass is 16.5. The maximum Gasteiger partial charge on any atom is 0.169 e. The molecule has 0 aromatic heterocycles. The van der Waals surface area contributed by atoms with E-state index in [1.165, 1.54) is 22.3 Å². The van der Waals surface area contributed by atoms with Crippen LogP contribution in [-0.2, 0) is 13.0 Å². The average Bonchev–Trinajstić information content (AvgIpc) is 2.58. The molecule has 3 rings (SSSR count). The van der Waals surface area contributed by atoms with Crippen LogP contribution in [0.25, 0.3) is 11.1 Å². The zero-order valence-electron chi connectivity index (χ0n) is 13.3. The van der Waals surface area contributed by atoms with Crippen LogP contribution < -0.4 is 14.8 Å². The lowest BCUT2D eigenvalue weighted by Crippen LogP contribution is -2.18. The summed E-state index contributed by atoms with van der Waals surface area (Å²) in [5.41, 5.74) is 5.02. The first kappa shape index (κ1) is 14.9. The summed E-state index contributed by atoms with van der Waals surface area (Å²) in [5.74, 6) is 1.70. The Morgan fingerprint density at radius 3 is 2.82 bits per heavy atom. The van der Waals surface area contributed by atoms with Gasteiger partial charge >= 0.3 is 0 Å². The highest BCUT2D eigenvalue weighted by Crippen LogP contribution is 2.45. The monoisotopic (exact) mass is 297 g/mol. The van der Waals surface area contributed by atoms with Gasteiger partial charge in [-0.05, 0) is 48.7 Å². The molecule has 2 aromatic carbocycles. The van der Waals surface area contributed by atoms with E-state index >= 15 is 0 Å². The third-order valence-corrected chi connectivity index (χ3v) is 4.08. The molecule has 3 nitrogen and oxygen atoms in total. The summed E-state index contributed by atoms with van der Waals surface area (Å²) >= 11 is 0. The molecule has 0 atom stereocenters. The Hall–Kier alpha value is -2.00. The van der Waals surface area contributed by atoms with E-state index in [4.69, 9.17) is 9.47 Å². The molecule has 0 spiro atoms. The molecule has 0 amide bonds. The van der Waals surface area contributed by atoms with Crippen molar-refractivity contribution in [3.8, 4) is 22.6 Å². The van der Waals surface area contributed by atoms with E-state index in [2.05, 4.69) is 42.6 Å². The first-order chi connectivity index (χ1) is 10.8. The normalized spacial score (nSPS) is 12.3. The highest BCUT2D eigenvalue weighted by Gasteiger charge is 2.23. The molecule has 116 valence electrons. The molecule has 1 aliphatic heterocycles. The maximum atomic E-state index is 5.99. The molecule has 1 heterocycles. The largest absolute Gasteiger partial charge is 0.493 e. The van der Waals surface area contributed by atoms with Gasteiger partial charge in [0.2, 0.25) is 0 Å². The summed E-state index contributed by atoms with van der Waals surface area (Å²) < 4.78 is 11.5. The predicted molar refractivity (Wildman–Crippen MR) is 89.6 cm³/mol. The van der Waals surface area contributed by atoms with E-state index in [9.17, 15) is 0 Å². The van der Waals surface area contributed by atoms with Gasteiger partial charge in [-0.2, -0.15) is 0 Å². The number of rotatable bonds is 6. The summed E-state index contributed by atoms with van der Waals surface area (Å²) in [6.45, 7) is 4.84. The second kappa shape index (κ2) is 6.84. The third kappa shape index (κ3) is 2.81. The highest BCUT2D eigenvalue weighted by molar-refractivity contribution is 5.80. The number of ether oxygens (including phenoxy) is 2. The molecule has 0 saturated heterocycles. The molecule has 1 N–H and O–H groups in total. The Kier molecular flexibility index (Phi) is 4.64. The van der Waals surface area contributed by atoms with E-state index in [-0.39, 0.29) is 0 Å². The van der Waals surface area contributed by atoms with Crippen LogP contribution in [0.1, 0.15) is 24.5 Å². The van der Waals surface area contributed by atoms with Gasteiger partial charge in [0.15, 0.2) is 11.5 Å². The lowest BCUT2D eigenvalue weighted by atomic mass is 9.91. The molecule has 22 heavy (non-hydrogen) atoms. The van der Waals surface area contributed by atoms with Crippen molar-refractivity contribution in [2.24, 2.45) is 0 Å². The standard InChI is InChI=1S/C19H23NO2/c1-3-11-20-12-10-14-8-9-17(21-2)19-18(14)16-7-5-4-6-15(16)13-22-19/h4-9,20H,3,10-13H2,1-2H3. The summed E-state index contributed by atoms with van der Waals surface area (Å²) in [7, 11) is 1.70. The van der Waals surface area contributed by atoms with E-state index in [0.29, 0.717) is 6.61 Å². The van der Waals surface area contributed by atoms with Crippen LogP contribution in [0.15, 0.2) is 36.4 Å².